The van der Waals surface area contributed by atoms with E-state index in [0.29, 0.717) is 32.0 Å². The number of nitrogens with zero attached hydrogens (tertiary/aromatic N) is 3. The number of aromatic nitrogens is 2. The van der Waals surface area contributed by atoms with Crippen LogP contribution in [0.25, 0.3) is 0 Å². The summed E-state index contributed by atoms with van der Waals surface area (Å²) in [6, 6.07) is 0. The number of rotatable bonds is 9. The van der Waals surface area contributed by atoms with Gasteiger partial charge in [0.05, 0.1) is 32.2 Å². The largest absolute Gasteiger partial charge is 0.468 e. The number of hydrogen-bond donors (Lipinski definition) is 0. The second kappa shape index (κ2) is 9.39. The molecule has 1 aromatic heterocycles. The van der Waals surface area contributed by atoms with Crippen molar-refractivity contribution < 1.29 is 19.0 Å². The minimum Gasteiger partial charge on any atom is -0.468 e. The minimum atomic E-state index is -0.575. The molecule has 1 aromatic rings. The highest BCUT2D eigenvalue weighted by Crippen LogP contribution is 2.20. The van der Waals surface area contributed by atoms with E-state index in [9.17, 15) is 9.59 Å². The van der Waals surface area contributed by atoms with Gasteiger partial charge in [0, 0.05) is 27.3 Å². The molecule has 0 bridgehead atoms. The zero-order valence-electron chi connectivity index (χ0n) is 12.9. The third-order valence-corrected chi connectivity index (χ3v) is 3.30. The van der Waals surface area contributed by atoms with E-state index in [4.69, 9.17) is 21.1 Å². The molecule has 124 valence electrons. The average molecular weight is 334 g/mol. The van der Waals surface area contributed by atoms with Crippen molar-refractivity contribution in [2.75, 3.05) is 52.5 Å². The van der Waals surface area contributed by atoms with Crippen molar-refractivity contribution in [1.82, 2.24) is 9.78 Å². The van der Waals surface area contributed by atoms with Crippen molar-refractivity contribution in [3.05, 3.63) is 21.6 Å². The Morgan fingerprint density at radius 1 is 1.27 bits per heavy atom. The fourth-order valence-corrected chi connectivity index (χ4v) is 2.00. The molecule has 0 amide bonds. The lowest BCUT2D eigenvalue weighted by molar-refractivity contribution is -0.141. The molecule has 0 spiro atoms. The molecule has 0 unspecified atom stereocenters. The molecule has 0 aliphatic rings. The molecule has 0 atom stereocenters. The number of ether oxygens (including phenoxy) is 3. The summed E-state index contributed by atoms with van der Waals surface area (Å²) in [5.74, 6) is -0.575. The Morgan fingerprint density at radius 3 is 2.36 bits per heavy atom. The Hall–Kier alpha value is -1.64. The Balaban J connectivity index is 3.03. The zero-order chi connectivity index (χ0) is 16.5. The van der Waals surface area contributed by atoms with Gasteiger partial charge >= 0.3 is 5.97 Å². The fourth-order valence-electron chi connectivity index (χ4n) is 1.73. The van der Waals surface area contributed by atoms with E-state index in [1.165, 1.54) is 13.3 Å². The summed E-state index contributed by atoms with van der Waals surface area (Å²) < 4.78 is 15.6. The molecule has 0 saturated heterocycles. The first-order chi connectivity index (χ1) is 10.5. The molecule has 22 heavy (non-hydrogen) atoms. The predicted octanol–water partition coefficient (Wildman–Crippen LogP) is 0.169. The lowest BCUT2D eigenvalue weighted by atomic mass is 10.3. The van der Waals surface area contributed by atoms with Crippen LogP contribution in [0.3, 0.4) is 0 Å². The third-order valence-electron chi connectivity index (χ3n) is 2.94. The van der Waals surface area contributed by atoms with E-state index in [0.717, 1.165) is 4.68 Å². The molecule has 9 heteroatoms. The maximum Gasteiger partial charge on any atom is 0.327 e. The minimum absolute atomic E-state index is 0.00823. The average Bonchev–Trinajstić information content (AvgIpc) is 2.52. The van der Waals surface area contributed by atoms with Crippen molar-refractivity contribution in [1.29, 1.82) is 0 Å². The van der Waals surface area contributed by atoms with Crippen molar-refractivity contribution >= 4 is 23.3 Å². The van der Waals surface area contributed by atoms with E-state index in [-0.39, 0.29) is 11.6 Å². The van der Waals surface area contributed by atoms with Crippen LogP contribution in [0.5, 0.6) is 0 Å². The van der Waals surface area contributed by atoms with E-state index < -0.39 is 11.5 Å². The van der Waals surface area contributed by atoms with Gasteiger partial charge < -0.3 is 19.1 Å². The summed E-state index contributed by atoms with van der Waals surface area (Å²) in [4.78, 5) is 25.2. The van der Waals surface area contributed by atoms with Gasteiger partial charge in [-0.25, -0.2) is 4.68 Å². The van der Waals surface area contributed by atoms with Gasteiger partial charge in [-0.3, -0.25) is 9.59 Å². The Labute approximate surface area is 133 Å². The highest BCUT2D eigenvalue weighted by atomic mass is 35.5. The molecule has 1 rings (SSSR count). The SMILES string of the molecule is COCCN(CCOC)c1cnn(CC(=O)OC)c(=O)c1Cl. The van der Waals surface area contributed by atoms with Gasteiger partial charge in [-0.05, 0) is 0 Å². The molecule has 0 aliphatic heterocycles. The van der Waals surface area contributed by atoms with Crippen LogP contribution in [-0.2, 0) is 25.5 Å². The molecule has 0 saturated carbocycles. The van der Waals surface area contributed by atoms with Gasteiger partial charge in [0.25, 0.3) is 5.56 Å². The lowest BCUT2D eigenvalue weighted by Crippen LogP contribution is -2.34. The summed E-state index contributed by atoms with van der Waals surface area (Å²) in [5.41, 5.74) is -0.0775. The van der Waals surface area contributed by atoms with Crippen LogP contribution in [0.2, 0.25) is 5.02 Å². The van der Waals surface area contributed by atoms with Crippen LogP contribution in [0.15, 0.2) is 11.0 Å². The summed E-state index contributed by atoms with van der Waals surface area (Å²) in [7, 11) is 4.41. The van der Waals surface area contributed by atoms with E-state index in [1.807, 2.05) is 4.90 Å². The quantitative estimate of drug-likeness (QED) is 0.596. The molecule has 0 aliphatic carbocycles. The van der Waals surface area contributed by atoms with E-state index in [1.54, 1.807) is 14.2 Å². The monoisotopic (exact) mass is 333 g/mol. The molecule has 0 aromatic carbocycles. The molecule has 8 nitrogen and oxygen atoms in total. The fraction of sp³-hybridized carbons (Fsp3) is 0.615. The number of carbonyl (C=O) groups is 1. The number of methoxy groups -OCH3 is 3. The normalized spacial score (nSPS) is 10.5. The number of halogens is 1. The summed E-state index contributed by atoms with van der Waals surface area (Å²) in [6.45, 7) is 1.70. The van der Waals surface area contributed by atoms with Crippen molar-refractivity contribution in [3.8, 4) is 0 Å². The van der Waals surface area contributed by atoms with Crippen LogP contribution in [0, 0.1) is 0 Å². The molecular weight excluding hydrogens is 314 g/mol. The van der Waals surface area contributed by atoms with Gasteiger partial charge in [0.15, 0.2) is 0 Å². The first-order valence-corrected chi connectivity index (χ1v) is 6.98. The van der Waals surface area contributed by atoms with Crippen molar-refractivity contribution in [2.24, 2.45) is 0 Å². The van der Waals surface area contributed by atoms with Crippen LogP contribution >= 0.6 is 11.6 Å². The van der Waals surface area contributed by atoms with Crippen LogP contribution in [0.1, 0.15) is 0 Å². The first kappa shape index (κ1) is 18.4. The number of anilines is 1. The molecular formula is C13H20ClN3O5. The maximum absolute atomic E-state index is 12.2. The lowest BCUT2D eigenvalue weighted by Gasteiger charge is -2.24. The Kier molecular flexibility index (Phi) is 7.86. The maximum atomic E-state index is 12.2. The second-order valence-corrected chi connectivity index (χ2v) is 4.73. The van der Waals surface area contributed by atoms with Crippen LogP contribution in [0.4, 0.5) is 5.69 Å². The topological polar surface area (TPSA) is 82.9 Å². The van der Waals surface area contributed by atoms with Gasteiger partial charge in [0.1, 0.15) is 11.6 Å². The Bertz CT molecular complexity index is 541. The van der Waals surface area contributed by atoms with Gasteiger partial charge in [-0.2, -0.15) is 5.10 Å². The Morgan fingerprint density at radius 2 is 1.86 bits per heavy atom. The van der Waals surface area contributed by atoms with Crippen molar-refractivity contribution in [2.45, 2.75) is 6.54 Å². The van der Waals surface area contributed by atoms with Gasteiger partial charge in [-0.1, -0.05) is 11.6 Å². The summed E-state index contributed by atoms with van der Waals surface area (Å²) >= 11 is 6.13. The number of esters is 1. The molecule has 0 fully saturated rings. The molecule has 0 radical (unpaired) electrons. The standard InChI is InChI=1S/C13H20ClN3O5/c1-20-6-4-16(5-7-21-2)10-8-15-17(9-11(18)22-3)13(19)12(10)14/h8H,4-7,9H2,1-3H3. The first-order valence-electron chi connectivity index (χ1n) is 6.60. The van der Waals surface area contributed by atoms with Gasteiger partial charge in [0.2, 0.25) is 0 Å². The van der Waals surface area contributed by atoms with Crippen molar-refractivity contribution in [3.63, 3.8) is 0 Å². The highest BCUT2D eigenvalue weighted by Gasteiger charge is 2.16. The second-order valence-electron chi connectivity index (χ2n) is 4.36. The van der Waals surface area contributed by atoms with Crippen LogP contribution < -0.4 is 10.5 Å². The number of hydrogen-bond acceptors (Lipinski definition) is 7. The predicted molar refractivity (Wildman–Crippen MR) is 81.5 cm³/mol. The van der Waals surface area contributed by atoms with E-state index >= 15 is 0 Å². The summed E-state index contributed by atoms with van der Waals surface area (Å²) in [6.07, 6.45) is 1.44. The van der Waals surface area contributed by atoms with E-state index in [2.05, 4.69) is 9.84 Å². The smallest absolute Gasteiger partial charge is 0.327 e. The molecule has 0 N–H and O–H groups in total. The highest BCUT2D eigenvalue weighted by molar-refractivity contribution is 6.33. The molecule has 1 heterocycles. The number of carbonyl (C=O) groups excluding carboxylic acids is 1. The van der Waals surface area contributed by atoms with Gasteiger partial charge in [-0.15, -0.1) is 0 Å². The third kappa shape index (κ3) is 4.97. The van der Waals surface area contributed by atoms with Crippen LogP contribution in [-0.4, -0.2) is 63.4 Å². The summed E-state index contributed by atoms with van der Waals surface area (Å²) in [5, 5.41) is 3.95. The zero-order valence-corrected chi connectivity index (χ0v) is 13.6.